The summed E-state index contributed by atoms with van der Waals surface area (Å²) < 4.78 is 12.8. The Kier molecular flexibility index (Phi) is 5.02. The summed E-state index contributed by atoms with van der Waals surface area (Å²) in [6.07, 6.45) is 0. The van der Waals surface area contributed by atoms with Gasteiger partial charge in [0, 0.05) is 11.4 Å². The molecule has 4 N–H and O–H groups in total. The van der Waals surface area contributed by atoms with E-state index >= 15 is 0 Å². The van der Waals surface area contributed by atoms with Crippen LogP contribution in [0, 0.1) is 0 Å². The first-order valence-corrected chi connectivity index (χ1v) is 10.4. The number of ether oxygens (including phenoxy) is 2. The first kappa shape index (κ1) is 20.3. The van der Waals surface area contributed by atoms with Crippen molar-refractivity contribution in [2.45, 2.75) is 6.92 Å². The largest absolute Gasteiger partial charge is 0.462 e. The summed E-state index contributed by atoms with van der Waals surface area (Å²) in [6.45, 7) is 1.97. The zero-order chi connectivity index (χ0) is 22.9. The number of hydrogen-bond donors (Lipinski definition) is 2. The number of fused-ring (bicyclic) bond motifs is 2. The number of anilines is 2. The average Bonchev–Trinajstić information content (AvgIpc) is 3.10. The van der Waals surface area contributed by atoms with Crippen LogP contribution in [0.2, 0.25) is 0 Å². The molecular formula is C25H21N5O3. The van der Waals surface area contributed by atoms with E-state index in [9.17, 15) is 4.79 Å². The van der Waals surface area contributed by atoms with Gasteiger partial charge in [0.1, 0.15) is 28.4 Å². The molecule has 0 spiro atoms. The fourth-order valence-corrected chi connectivity index (χ4v) is 3.66. The van der Waals surface area contributed by atoms with E-state index in [0.717, 1.165) is 0 Å². The topological polar surface area (TPSA) is 118 Å². The van der Waals surface area contributed by atoms with Crippen LogP contribution >= 0.6 is 0 Å². The monoisotopic (exact) mass is 439 g/mol. The third-order valence-electron chi connectivity index (χ3n) is 5.19. The number of rotatable bonds is 5. The van der Waals surface area contributed by atoms with E-state index in [2.05, 4.69) is 4.98 Å². The molecular weight excluding hydrogens is 418 g/mol. The van der Waals surface area contributed by atoms with Crippen molar-refractivity contribution in [3.63, 3.8) is 0 Å². The van der Waals surface area contributed by atoms with Crippen LogP contribution in [-0.2, 0) is 4.74 Å². The second-order valence-electron chi connectivity index (χ2n) is 7.37. The molecule has 0 aliphatic carbocycles. The number of carbonyl (C=O) groups excluding carboxylic acids is 1. The first-order valence-electron chi connectivity index (χ1n) is 10.4. The van der Waals surface area contributed by atoms with Gasteiger partial charge in [0.2, 0.25) is 0 Å². The molecule has 0 bridgehead atoms. The predicted octanol–water partition coefficient (Wildman–Crippen LogP) is 4.71. The lowest BCUT2D eigenvalue weighted by atomic mass is 10.2. The standard InChI is InChI=1S/C25H21N5O3/c1-2-32-25(31)21-22-24(29-20-6-4-3-5-19(20)28-22)30(23(21)27)16-9-13-18(14-10-16)33-17-11-7-15(26)8-12-17/h3-14H,2,26-27H2,1H3. The number of nitrogens with two attached hydrogens (primary N) is 2. The zero-order valence-electron chi connectivity index (χ0n) is 17.9. The summed E-state index contributed by atoms with van der Waals surface area (Å²) in [5.74, 6) is 0.989. The first-order chi connectivity index (χ1) is 16.0. The number of aromatic nitrogens is 3. The van der Waals surface area contributed by atoms with Crippen molar-refractivity contribution < 1.29 is 14.3 Å². The van der Waals surface area contributed by atoms with Gasteiger partial charge >= 0.3 is 5.97 Å². The molecule has 0 amide bonds. The highest BCUT2D eigenvalue weighted by atomic mass is 16.5. The molecule has 2 heterocycles. The van der Waals surface area contributed by atoms with E-state index in [0.29, 0.717) is 45.1 Å². The number of para-hydroxylation sites is 2. The Balaban J connectivity index is 1.62. The van der Waals surface area contributed by atoms with Crippen LogP contribution in [-0.4, -0.2) is 27.1 Å². The fraction of sp³-hybridized carbons (Fsp3) is 0.0800. The van der Waals surface area contributed by atoms with Gasteiger partial charge in [-0.05, 0) is 67.6 Å². The van der Waals surface area contributed by atoms with Crippen LogP contribution < -0.4 is 16.2 Å². The summed E-state index contributed by atoms with van der Waals surface area (Å²) >= 11 is 0. The molecule has 0 fully saturated rings. The van der Waals surface area contributed by atoms with Gasteiger partial charge in [0.05, 0.1) is 17.6 Å². The minimum atomic E-state index is -0.536. The maximum Gasteiger partial charge on any atom is 0.344 e. The van der Waals surface area contributed by atoms with Crippen molar-refractivity contribution in [1.29, 1.82) is 0 Å². The van der Waals surface area contributed by atoms with Crippen molar-refractivity contribution in [2.75, 3.05) is 18.1 Å². The minimum absolute atomic E-state index is 0.201. The Morgan fingerprint density at radius 1 is 0.879 bits per heavy atom. The van der Waals surface area contributed by atoms with Gasteiger partial charge in [0.25, 0.3) is 0 Å². The molecule has 33 heavy (non-hydrogen) atoms. The molecule has 0 aliphatic heterocycles. The quantitative estimate of drug-likeness (QED) is 0.301. The Bertz CT molecular complexity index is 1470. The maximum atomic E-state index is 12.7. The Hall–Kier alpha value is -4.59. The summed E-state index contributed by atoms with van der Waals surface area (Å²) in [5, 5.41) is 0. The Morgan fingerprint density at radius 3 is 2.12 bits per heavy atom. The van der Waals surface area contributed by atoms with E-state index in [1.54, 1.807) is 35.8 Å². The summed E-state index contributed by atoms with van der Waals surface area (Å²) in [7, 11) is 0. The van der Waals surface area contributed by atoms with E-state index in [-0.39, 0.29) is 18.0 Å². The normalized spacial score (nSPS) is 11.1. The molecule has 3 aromatic carbocycles. The summed E-state index contributed by atoms with van der Waals surface area (Å²) in [4.78, 5) is 22.1. The van der Waals surface area contributed by atoms with Crippen LogP contribution in [0.5, 0.6) is 11.5 Å². The van der Waals surface area contributed by atoms with Crippen molar-refractivity contribution in [2.24, 2.45) is 0 Å². The van der Waals surface area contributed by atoms with Crippen LogP contribution in [0.3, 0.4) is 0 Å². The lowest BCUT2D eigenvalue weighted by Gasteiger charge is -2.10. The van der Waals surface area contributed by atoms with Gasteiger partial charge in [-0.3, -0.25) is 4.57 Å². The van der Waals surface area contributed by atoms with E-state index < -0.39 is 5.97 Å². The summed E-state index contributed by atoms with van der Waals surface area (Å²) in [6, 6.07) is 21.9. The minimum Gasteiger partial charge on any atom is -0.462 e. The second-order valence-corrected chi connectivity index (χ2v) is 7.37. The Labute approximate surface area is 189 Å². The molecule has 0 atom stereocenters. The van der Waals surface area contributed by atoms with Crippen molar-refractivity contribution >= 4 is 39.7 Å². The SMILES string of the molecule is CCOC(=O)c1c(N)n(-c2ccc(Oc3ccc(N)cc3)cc2)c2nc3ccccc3nc12. The number of carbonyl (C=O) groups is 1. The lowest BCUT2D eigenvalue weighted by molar-refractivity contribution is 0.0529. The molecule has 0 aliphatic rings. The number of benzene rings is 3. The van der Waals surface area contributed by atoms with Gasteiger partial charge in [-0.15, -0.1) is 0 Å². The molecule has 0 saturated heterocycles. The number of hydrogen-bond acceptors (Lipinski definition) is 7. The maximum absolute atomic E-state index is 12.7. The average molecular weight is 439 g/mol. The van der Waals surface area contributed by atoms with E-state index in [1.165, 1.54) is 0 Å². The number of nitrogens with zero attached hydrogens (tertiary/aromatic N) is 3. The van der Waals surface area contributed by atoms with Crippen LogP contribution in [0.15, 0.2) is 72.8 Å². The molecule has 0 radical (unpaired) electrons. The van der Waals surface area contributed by atoms with E-state index in [4.69, 9.17) is 25.9 Å². The predicted molar refractivity (Wildman–Crippen MR) is 128 cm³/mol. The van der Waals surface area contributed by atoms with Crippen LogP contribution in [0.1, 0.15) is 17.3 Å². The molecule has 2 aromatic heterocycles. The van der Waals surface area contributed by atoms with Gasteiger partial charge < -0.3 is 20.9 Å². The third-order valence-corrected chi connectivity index (χ3v) is 5.19. The molecule has 0 saturated carbocycles. The van der Waals surface area contributed by atoms with Gasteiger partial charge in [-0.1, -0.05) is 12.1 Å². The van der Waals surface area contributed by atoms with Crippen LogP contribution in [0.25, 0.3) is 27.9 Å². The molecule has 164 valence electrons. The van der Waals surface area contributed by atoms with Crippen molar-refractivity contribution in [1.82, 2.24) is 14.5 Å². The summed E-state index contributed by atoms with van der Waals surface area (Å²) in [5.41, 5.74) is 16.0. The second kappa shape index (κ2) is 8.16. The number of esters is 1. The van der Waals surface area contributed by atoms with Gasteiger partial charge in [-0.2, -0.15) is 0 Å². The van der Waals surface area contributed by atoms with Gasteiger partial charge in [-0.25, -0.2) is 14.8 Å². The van der Waals surface area contributed by atoms with Crippen molar-refractivity contribution in [3.05, 3.63) is 78.4 Å². The van der Waals surface area contributed by atoms with E-state index in [1.807, 2.05) is 48.5 Å². The molecule has 5 aromatic rings. The number of nitrogen functional groups attached to an aromatic ring is 2. The molecule has 5 rings (SSSR count). The molecule has 0 unspecified atom stereocenters. The highest BCUT2D eigenvalue weighted by Gasteiger charge is 2.25. The van der Waals surface area contributed by atoms with Crippen molar-refractivity contribution in [3.8, 4) is 17.2 Å². The van der Waals surface area contributed by atoms with Gasteiger partial charge in [0.15, 0.2) is 5.65 Å². The lowest BCUT2D eigenvalue weighted by Crippen LogP contribution is -2.09. The van der Waals surface area contributed by atoms with Crippen LogP contribution in [0.4, 0.5) is 11.5 Å². The molecule has 8 heteroatoms. The fourth-order valence-electron chi connectivity index (χ4n) is 3.66. The molecule has 8 nitrogen and oxygen atoms in total. The highest BCUT2D eigenvalue weighted by Crippen LogP contribution is 2.32. The third kappa shape index (κ3) is 3.67. The smallest absolute Gasteiger partial charge is 0.344 e. The Morgan fingerprint density at radius 2 is 1.48 bits per heavy atom. The highest BCUT2D eigenvalue weighted by molar-refractivity contribution is 6.09. The zero-order valence-corrected chi connectivity index (χ0v) is 17.9.